The van der Waals surface area contributed by atoms with E-state index in [9.17, 15) is 22.0 Å². The smallest absolute Gasteiger partial charge is 0.387 e. The Morgan fingerprint density at radius 1 is 1.18 bits per heavy atom. The highest BCUT2D eigenvalue weighted by atomic mass is 19.4. The third-order valence-corrected chi connectivity index (χ3v) is 1.01. The SMILES string of the molecule is OC(CCC(F)(F)F)C(F)F. The minimum Gasteiger partial charge on any atom is -0.387 e. The topological polar surface area (TPSA) is 20.2 Å². The van der Waals surface area contributed by atoms with Gasteiger partial charge in [-0.3, -0.25) is 0 Å². The molecule has 1 N–H and O–H groups in total. The van der Waals surface area contributed by atoms with Gasteiger partial charge in [0, 0.05) is 6.42 Å². The number of hydrogen-bond donors (Lipinski definition) is 1. The molecule has 0 aromatic rings. The molecule has 0 saturated carbocycles. The molecule has 0 rings (SSSR count). The molecular weight excluding hydrogens is 171 g/mol. The monoisotopic (exact) mass is 178 g/mol. The van der Waals surface area contributed by atoms with Gasteiger partial charge in [0.15, 0.2) is 0 Å². The molecule has 1 atom stereocenters. The van der Waals surface area contributed by atoms with Crippen molar-refractivity contribution >= 4 is 0 Å². The molecule has 11 heavy (non-hydrogen) atoms. The van der Waals surface area contributed by atoms with E-state index >= 15 is 0 Å². The molecule has 0 saturated heterocycles. The normalized spacial score (nSPS) is 15.5. The van der Waals surface area contributed by atoms with Gasteiger partial charge in [0.2, 0.25) is 0 Å². The van der Waals surface area contributed by atoms with Crippen molar-refractivity contribution in [2.24, 2.45) is 0 Å². The molecule has 0 aliphatic carbocycles. The van der Waals surface area contributed by atoms with Crippen molar-refractivity contribution in [3.8, 4) is 0 Å². The molecule has 0 heterocycles. The summed E-state index contributed by atoms with van der Waals surface area (Å²) in [6.07, 6.45) is -12.1. The lowest BCUT2D eigenvalue weighted by atomic mass is 10.2. The van der Waals surface area contributed by atoms with E-state index in [-0.39, 0.29) is 0 Å². The highest BCUT2D eigenvalue weighted by Crippen LogP contribution is 2.23. The quantitative estimate of drug-likeness (QED) is 0.655. The maximum absolute atomic E-state index is 11.4. The number of aliphatic hydroxyl groups excluding tert-OH is 1. The lowest BCUT2D eigenvalue weighted by Crippen LogP contribution is -2.20. The fourth-order valence-electron chi connectivity index (χ4n) is 0.438. The summed E-state index contributed by atoms with van der Waals surface area (Å²) in [6.45, 7) is 0. The van der Waals surface area contributed by atoms with Gasteiger partial charge in [0.05, 0.1) is 0 Å². The molecule has 68 valence electrons. The molecule has 0 fully saturated rings. The summed E-state index contributed by atoms with van der Waals surface area (Å²) < 4.78 is 56.7. The van der Waals surface area contributed by atoms with Crippen LogP contribution >= 0.6 is 0 Å². The third kappa shape index (κ3) is 6.03. The molecule has 1 nitrogen and oxygen atoms in total. The largest absolute Gasteiger partial charge is 0.389 e. The van der Waals surface area contributed by atoms with Gasteiger partial charge in [-0.2, -0.15) is 13.2 Å². The van der Waals surface area contributed by atoms with Crippen LogP contribution < -0.4 is 0 Å². The minimum atomic E-state index is -4.48. The zero-order valence-corrected chi connectivity index (χ0v) is 5.41. The number of hydrogen-bond acceptors (Lipinski definition) is 1. The molecule has 0 radical (unpaired) electrons. The zero-order chi connectivity index (χ0) is 9.07. The van der Waals surface area contributed by atoms with Crippen LogP contribution in [0.3, 0.4) is 0 Å². The number of halogens is 5. The first kappa shape index (κ1) is 10.6. The molecule has 0 aromatic carbocycles. The van der Waals surface area contributed by atoms with E-state index in [1.54, 1.807) is 0 Å². The Kier molecular flexibility index (Phi) is 3.71. The van der Waals surface area contributed by atoms with Crippen LogP contribution in [0.4, 0.5) is 22.0 Å². The van der Waals surface area contributed by atoms with E-state index in [1.807, 2.05) is 0 Å². The van der Waals surface area contributed by atoms with Gasteiger partial charge in [-0.1, -0.05) is 0 Å². The van der Waals surface area contributed by atoms with Crippen molar-refractivity contribution in [2.75, 3.05) is 0 Å². The Balaban J connectivity index is 3.54. The van der Waals surface area contributed by atoms with E-state index in [1.165, 1.54) is 0 Å². The Morgan fingerprint density at radius 3 is 1.91 bits per heavy atom. The van der Waals surface area contributed by atoms with Gasteiger partial charge in [-0.25, -0.2) is 8.78 Å². The summed E-state index contributed by atoms with van der Waals surface area (Å²) in [5, 5.41) is 8.24. The van der Waals surface area contributed by atoms with Gasteiger partial charge in [0.1, 0.15) is 6.10 Å². The molecule has 0 aromatic heterocycles. The zero-order valence-electron chi connectivity index (χ0n) is 5.41. The van der Waals surface area contributed by atoms with Crippen molar-refractivity contribution in [1.29, 1.82) is 0 Å². The molecule has 1 unspecified atom stereocenters. The summed E-state index contributed by atoms with van der Waals surface area (Å²) in [7, 11) is 0. The third-order valence-electron chi connectivity index (χ3n) is 1.01. The van der Waals surface area contributed by atoms with Crippen molar-refractivity contribution in [1.82, 2.24) is 0 Å². The molecule has 6 heteroatoms. The Bertz CT molecular complexity index is 110. The first-order chi connectivity index (χ1) is 4.83. The van der Waals surface area contributed by atoms with Crippen molar-refractivity contribution < 1.29 is 27.1 Å². The predicted octanol–water partition coefficient (Wildman–Crippen LogP) is 1.95. The highest BCUT2D eigenvalue weighted by molar-refractivity contribution is 4.61. The molecule has 0 aliphatic heterocycles. The second kappa shape index (κ2) is 3.85. The number of rotatable bonds is 3. The van der Waals surface area contributed by atoms with Crippen LogP contribution in [0, 0.1) is 0 Å². The summed E-state index contributed by atoms with van der Waals surface area (Å²) in [4.78, 5) is 0. The van der Waals surface area contributed by atoms with E-state index in [0.29, 0.717) is 0 Å². The maximum atomic E-state index is 11.4. The second-order valence-electron chi connectivity index (χ2n) is 2.06. The first-order valence-electron chi connectivity index (χ1n) is 2.86. The summed E-state index contributed by atoms with van der Waals surface area (Å²) in [6, 6.07) is 0. The average Bonchev–Trinajstić information content (AvgIpc) is 1.80. The fourth-order valence-corrected chi connectivity index (χ4v) is 0.438. The fraction of sp³-hybridized carbons (Fsp3) is 1.00. The van der Waals surface area contributed by atoms with Crippen molar-refractivity contribution in [2.45, 2.75) is 31.5 Å². The molecular formula is C5H7F5O. The standard InChI is InChI=1S/C5H7F5O/c6-4(7)3(11)1-2-5(8,9)10/h3-4,11H,1-2H2. The number of alkyl halides is 5. The predicted molar refractivity (Wildman–Crippen MR) is 27.3 cm³/mol. The van der Waals surface area contributed by atoms with E-state index in [2.05, 4.69) is 0 Å². The molecule has 0 amide bonds. The lowest BCUT2D eigenvalue weighted by molar-refractivity contribution is -0.144. The maximum Gasteiger partial charge on any atom is 0.389 e. The van der Waals surface area contributed by atoms with Gasteiger partial charge in [0.25, 0.3) is 6.43 Å². The van der Waals surface area contributed by atoms with Crippen LogP contribution in [0.1, 0.15) is 12.8 Å². The van der Waals surface area contributed by atoms with E-state index < -0.39 is 31.5 Å². The first-order valence-corrected chi connectivity index (χ1v) is 2.86. The second-order valence-corrected chi connectivity index (χ2v) is 2.06. The summed E-state index contributed by atoms with van der Waals surface area (Å²) in [5.74, 6) is 0. The van der Waals surface area contributed by atoms with Gasteiger partial charge < -0.3 is 5.11 Å². The van der Waals surface area contributed by atoms with Crippen LogP contribution in [0.5, 0.6) is 0 Å². The van der Waals surface area contributed by atoms with Crippen LogP contribution in [-0.4, -0.2) is 23.8 Å². The summed E-state index contributed by atoms with van der Waals surface area (Å²) in [5.41, 5.74) is 0. The number of aliphatic hydroxyl groups is 1. The van der Waals surface area contributed by atoms with Gasteiger partial charge in [-0.15, -0.1) is 0 Å². The van der Waals surface area contributed by atoms with Crippen LogP contribution in [-0.2, 0) is 0 Å². The van der Waals surface area contributed by atoms with Gasteiger partial charge in [-0.05, 0) is 6.42 Å². The van der Waals surface area contributed by atoms with Crippen molar-refractivity contribution in [3.05, 3.63) is 0 Å². The average molecular weight is 178 g/mol. The van der Waals surface area contributed by atoms with Gasteiger partial charge >= 0.3 is 6.18 Å². The lowest BCUT2D eigenvalue weighted by Gasteiger charge is -2.10. The Hall–Kier alpha value is -0.390. The van der Waals surface area contributed by atoms with E-state index in [4.69, 9.17) is 5.11 Å². The Morgan fingerprint density at radius 2 is 1.64 bits per heavy atom. The van der Waals surface area contributed by atoms with Crippen LogP contribution in [0.25, 0.3) is 0 Å². The van der Waals surface area contributed by atoms with Crippen LogP contribution in [0.15, 0.2) is 0 Å². The molecule has 0 spiro atoms. The summed E-state index contributed by atoms with van der Waals surface area (Å²) >= 11 is 0. The molecule has 0 bridgehead atoms. The van der Waals surface area contributed by atoms with Crippen LogP contribution in [0.2, 0.25) is 0 Å². The Labute approximate surface area is 59.8 Å². The van der Waals surface area contributed by atoms with Crippen molar-refractivity contribution in [3.63, 3.8) is 0 Å². The molecule has 0 aliphatic rings. The van der Waals surface area contributed by atoms with E-state index in [0.717, 1.165) is 0 Å². The minimum absolute atomic E-state index is 0.943. The highest BCUT2D eigenvalue weighted by Gasteiger charge is 2.30.